The standard InChI is InChI=1S/C16H26N2O2S.2C2HF3O2/c1-19-7-6-17-10-14-15(11-17)18(5-3-16(14)20-2)9-13-4-8-21-12-13;2*3-2(4,5)1(6)7/h4,8,12,14-16H,3,5-7,9-11H2,1-2H3;2*(H,6,7)/t14-,15+,16-;;/m0../s1. The van der Waals surface area contributed by atoms with Gasteiger partial charge in [0.1, 0.15) is 0 Å². The second kappa shape index (κ2) is 14.0. The summed E-state index contributed by atoms with van der Waals surface area (Å²) in [5, 5.41) is 18.7. The van der Waals surface area contributed by atoms with E-state index in [4.69, 9.17) is 29.3 Å². The molecule has 2 fully saturated rings. The number of carboxylic acid groups (broad SMARTS) is 2. The van der Waals surface area contributed by atoms with E-state index in [2.05, 4.69) is 26.6 Å². The molecule has 0 amide bonds. The van der Waals surface area contributed by atoms with Crippen molar-refractivity contribution < 1.29 is 55.6 Å². The minimum atomic E-state index is -5.08. The molecule has 35 heavy (non-hydrogen) atoms. The van der Waals surface area contributed by atoms with Crippen molar-refractivity contribution in [2.24, 2.45) is 5.92 Å². The Morgan fingerprint density at radius 3 is 2.09 bits per heavy atom. The lowest BCUT2D eigenvalue weighted by Crippen LogP contribution is -2.50. The fourth-order valence-corrected chi connectivity index (χ4v) is 4.49. The van der Waals surface area contributed by atoms with E-state index in [1.54, 1.807) is 18.4 Å². The van der Waals surface area contributed by atoms with E-state index in [0.717, 1.165) is 45.8 Å². The van der Waals surface area contributed by atoms with Crippen LogP contribution >= 0.6 is 11.3 Å². The average Bonchev–Trinajstić information content (AvgIpc) is 3.42. The molecule has 202 valence electrons. The first-order valence-corrected chi connectivity index (χ1v) is 11.2. The van der Waals surface area contributed by atoms with Crippen LogP contribution in [0.1, 0.15) is 12.0 Å². The largest absolute Gasteiger partial charge is 0.490 e. The molecule has 0 aliphatic carbocycles. The third kappa shape index (κ3) is 10.7. The van der Waals surface area contributed by atoms with Crippen molar-refractivity contribution >= 4 is 23.3 Å². The highest BCUT2D eigenvalue weighted by Gasteiger charge is 2.44. The van der Waals surface area contributed by atoms with Crippen LogP contribution in [0.5, 0.6) is 0 Å². The first-order chi connectivity index (χ1) is 16.2. The van der Waals surface area contributed by atoms with Crippen LogP contribution in [0, 0.1) is 5.92 Å². The molecule has 0 aromatic carbocycles. The van der Waals surface area contributed by atoms with Crippen molar-refractivity contribution in [3.8, 4) is 0 Å². The fourth-order valence-electron chi connectivity index (χ4n) is 3.83. The molecule has 2 saturated heterocycles. The van der Waals surface area contributed by atoms with Crippen molar-refractivity contribution in [2.45, 2.75) is 37.5 Å². The van der Waals surface area contributed by atoms with Crippen LogP contribution in [-0.2, 0) is 25.6 Å². The van der Waals surface area contributed by atoms with Gasteiger partial charge in [0.15, 0.2) is 0 Å². The molecule has 0 bridgehead atoms. The van der Waals surface area contributed by atoms with E-state index in [0.29, 0.717) is 18.1 Å². The van der Waals surface area contributed by atoms with Gasteiger partial charge in [-0.25, -0.2) is 9.59 Å². The number of carbonyl (C=O) groups is 2. The van der Waals surface area contributed by atoms with Gasteiger partial charge in [-0.2, -0.15) is 37.7 Å². The van der Waals surface area contributed by atoms with Crippen LogP contribution in [0.2, 0.25) is 0 Å². The summed E-state index contributed by atoms with van der Waals surface area (Å²) in [6.45, 7) is 6.38. The van der Waals surface area contributed by atoms with Gasteiger partial charge in [0.25, 0.3) is 0 Å². The maximum Gasteiger partial charge on any atom is 0.490 e. The summed E-state index contributed by atoms with van der Waals surface area (Å²) in [6, 6.07) is 2.88. The van der Waals surface area contributed by atoms with Crippen LogP contribution in [0.3, 0.4) is 0 Å². The molecular formula is C20H28F6N2O6S. The van der Waals surface area contributed by atoms with Gasteiger partial charge in [-0.1, -0.05) is 0 Å². The van der Waals surface area contributed by atoms with Crippen molar-refractivity contribution in [1.29, 1.82) is 0 Å². The second-order valence-electron chi connectivity index (χ2n) is 7.75. The minimum Gasteiger partial charge on any atom is -0.475 e. The first kappa shape index (κ1) is 31.1. The van der Waals surface area contributed by atoms with Crippen LogP contribution in [-0.4, -0.2) is 103 Å². The fraction of sp³-hybridized carbons (Fsp3) is 0.700. The molecule has 3 heterocycles. The number of hydrogen-bond acceptors (Lipinski definition) is 7. The Morgan fingerprint density at radius 2 is 1.66 bits per heavy atom. The smallest absolute Gasteiger partial charge is 0.475 e. The molecule has 2 aliphatic heterocycles. The lowest BCUT2D eigenvalue weighted by Gasteiger charge is -2.41. The predicted molar refractivity (Wildman–Crippen MR) is 113 cm³/mol. The van der Waals surface area contributed by atoms with Crippen molar-refractivity contribution in [1.82, 2.24) is 9.80 Å². The van der Waals surface area contributed by atoms with Crippen LogP contribution in [0.25, 0.3) is 0 Å². The molecule has 0 spiro atoms. The number of piperidine rings is 1. The van der Waals surface area contributed by atoms with E-state index in [1.165, 1.54) is 5.56 Å². The van der Waals surface area contributed by atoms with E-state index in [9.17, 15) is 26.3 Å². The van der Waals surface area contributed by atoms with Gasteiger partial charge in [0, 0.05) is 58.9 Å². The minimum absolute atomic E-state index is 0.418. The molecule has 0 saturated carbocycles. The maximum atomic E-state index is 10.6. The molecule has 0 radical (unpaired) electrons. The molecule has 2 aliphatic rings. The summed E-state index contributed by atoms with van der Waals surface area (Å²) < 4.78 is 74.5. The van der Waals surface area contributed by atoms with E-state index in [1.807, 2.05) is 7.11 Å². The zero-order chi connectivity index (χ0) is 26.8. The molecule has 3 rings (SSSR count). The van der Waals surface area contributed by atoms with Gasteiger partial charge < -0.3 is 19.7 Å². The number of carboxylic acids is 2. The molecule has 1 aromatic rings. The predicted octanol–water partition coefficient (Wildman–Crippen LogP) is 3.18. The van der Waals surface area contributed by atoms with Crippen molar-refractivity contribution in [3.63, 3.8) is 0 Å². The lowest BCUT2D eigenvalue weighted by molar-refractivity contribution is -0.193. The number of hydrogen-bond donors (Lipinski definition) is 2. The highest BCUT2D eigenvalue weighted by molar-refractivity contribution is 7.07. The molecule has 15 heteroatoms. The van der Waals surface area contributed by atoms with E-state index in [-0.39, 0.29) is 0 Å². The molecule has 0 unspecified atom stereocenters. The zero-order valence-corrected chi connectivity index (χ0v) is 19.8. The van der Waals surface area contributed by atoms with Gasteiger partial charge in [0.2, 0.25) is 0 Å². The average molecular weight is 539 g/mol. The van der Waals surface area contributed by atoms with Gasteiger partial charge >= 0.3 is 24.3 Å². The quantitative estimate of drug-likeness (QED) is 0.533. The number of fused-ring (bicyclic) bond motifs is 1. The Kier molecular flexibility index (Phi) is 12.4. The van der Waals surface area contributed by atoms with Gasteiger partial charge in [-0.3, -0.25) is 9.80 Å². The Hall–Kier alpha value is -1.94. The summed E-state index contributed by atoms with van der Waals surface area (Å²) in [5.74, 6) is -4.88. The third-order valence-electron chi connectivity index (χ3n) is 5.42. The Morgan fingerprint density at radius 1 is 1.09 bits per heavy atom. The molecule has 1 aromatic heterocycles. The first-order valence-electron chi connectivity index (χ1n) is 10.3. The number of thiophene rings is 1. The second-order valence-corrected chi connectivity index (χ2v) is 8.53. The lowest BCUT2D eigenvalue weighted by atomic mass is 9.89. The summed E-state index contributed by atoms with van der Waals surface area (Å²) in [4.78, 5) is 23.0. The van der Waals surface area contributed by atoms with E-state index < -0.39 is 24.3 Å². The van der Waals surface area contributed by atoms with Crippen molar-refractivity contribution in [2.75, 3.05) is 47.0 Å². The Labute approximate surface area is 202 Å². The van der Waals surface area contributed by atoms with Gasteiger partial charge in [0.05, 0.1) is 12.7 Å². The Balaban J connectivity index is 0.000000362. The van der Waals surface area contributed by atoms with E-state index >= 15 is 0 Å². The number of likely N-dealkylation sites (tertiary alicyclic amines) is 2. The monoisotopic (exact) mass is 538 g/mol. The topological polar surface area (TPSA) is 99.5 Å². The Bertz CT molecular complexity index is 753. The maximum absolute atomic E-state index is 10.6. The van der Waals surface area contributed by atoms with Crippen LogP contribution < -0.4 is 0 Å². The SMILES string of the molecule is COCCN1C[C@@H]2[C@@H](OC)CCN(Cc3ccsc3)[C@@H]2C1.O=C(O)C(F)(F)F.O=C(O)C(F)(F)F. The molecule has 2 N–H and O–H groups in total. The number of methoxy groups -OCH3 is 2. The number of ether oxygens (including phenoxy) is 2. The molecular weight excluding hydrogens is 510 g/mol. The van der Waals surface area contributed by atoms with Crippen LogP contribution in [0.4, 0.5) is 26.3 Å². The van der Waals surface area contributed by atoms with Crippen LogP contribution in [0.15, 0.2) is 16.8 Å². The summed E-state index contributed by atoms with van der Waals surface area (Å²) in [5.41, 5.74) is 1.45. The normalized spacial score (nSPS) is 22.9. The summed E-state index contributed by atoms with van der Waals surface area (Å²) in [7, 11) is 3.65. The summed E-state index contributed by atoms with van der Waals surface area (Å²) in [6.07, 6.45) is -8.60. The highest BCUT2D eigenvalue weighted by Crippen LogP contribution is 2.33. The highest BCUT2D eigenvalue weighted by atomic mass is 32.1. The number of alkyl halides is 6. The number of aliphatic carboxylic acids is 2. The third-order valence-corrected chi connectivity index (χ3v) is 6.15. The summed E-state index contributed by atoms with van der Waals surface area (Å²) >= 11 is 1.79. The number of nitrogens with zero attached hydrogens (tertiary/aromatic N) is 2. The number of halogens is 6. The van der Waals surface area contributed by atoms with Gasteiger partial charge in [-0.15, -0.1) is 0 Å². The number of rotatable bonds is 6. The molecule has 3 atom stereocenters. The molecule has 8 nitrogen and oxygen atoms in total. The van der Waals surface area contributed by atoms with Gasteiger partial charge in [-0.05, 0) is 28.8 Å². The van der Waals surface area contributed by atoms with Crippen molar-refractivity contribution in [3.05, 3.63) is 22.4 Å². The zero-order valence-electron chi connectivity index (χ0n) is 19.0.